The van der Waals surface area contributed by atoms with E-state index >= 15 is 0 Å². The van der Waals surface area contributed by atoms with Gasteiger partial charge >= 0.3 is 5.97 Å². The van der Waals surface area contributed by atoms with Crippen molar-refractivity contribution in [2.75, 3.05) is 6.61 Å². The van der Waals surface area contributed by atoms with Crippen molar-refractivity contribution in [1.82, 2.24) is 0 Å². The first-order valence-corrected chi connectivity index (χ1v) is 10.7. The second-order valence-electron chi connectivity index (χ2n) is 8.39. The molecule has 1 N–H and O–H groups in total. The molecule has 2 aromatic rings. The van der Waals surface area contributed by atoms with E-state index in [4.69, 9.17) is 26.2 Å². The van der Waals surface area contributed by atoms with Gasteiger partial charge in [-0.3, -0.25) is 0 Å². The summed E-state index contributed by atoms with van der Waals surface area (Å²) in [7, 11) is 0. The van der Waals surface area contributed by atoms with Crippen molar-refractivity contribution >= 4 is 17.6 Å². The molecular weight excluding hydrogens is 419 g/mol. The highest BCUT2D eigenvalue weighted by molar-refractivity contribution is 6.32. The Hall–Kier alpha value is -2.37. The summed E-state index contributed by atoms with van der Waals surface area (Å²) in [6.07, 6.45) is 0.0558. The number of aryl methyl sites for hydroxylation is 2. The fourth-order valence-corrected chi connectivity index (χ4v) is 4.51. The van der Waals surface area contributed by atoms with E-state index in [1.807, 2.05) is 13.8 Å². The lowest BCUT2D eigenvalue weighted by atomic mass is 9.75. The van der Waals surface area contributed by atoms with Crippen LogP contribution in [0.15, 0.2) is 42.5 Å². The molecule has 3 rings (SSSR count). The molecule has 4 nitrogen and oxygen atoms in total. The minimum absolute atomic E-state index is 0.0178. The van der Waals surface area contributed by atoms with Gasteiger partial charge < -0.3 is 14.6 Å². The third-order valence-electron chi connectivity index (χ3n) is 6.08. The van der Waals surface area contributed by atoms with Crippen LogP contribution in [0.1, 0.15) is 54.5 Å². The van der Waals surface area contributed by atoms with Gasteiger partial charge in [0, 0.05) is 17.4 Å². The topological polar surface area (TPSA) is 55.8 Å². The molecule has 1 heterocycles. The summed E-state index contributed by atoms with van der Waals surface area (Å²) < 4.78 is 26.1. The number of ether oxygens (including phenoxy) is 2. The van der Waals surface area contributed by atoms with Gasteiger partial charge in [-0.25, -0.2) is 9.18 Å². The molecule has 0 unspecified atom stereocenters. The van der Waals surface area contributed by atoms with Crippen LogP contribution >= 0.6 is 11.6 Å². The molecule has 6 heteroatoms. The predicted octanol–water partition coefficient (Wildman–Crippen LogP) is 6.39. The van der Waals surface area contributed by atoms with Crippen molar-refractivity contribution in [2.45, 2.75) is 52.2 Å². The lowest BCUT2D eigenvalue weighted by molar-refractivity contribution is -0.139. The third-order valence-corrected chi connectivity index (χ3v) is 6.36. The van der Waals surface area contributed by atoms with E-state index in [2.05, 4.69) is 38.6 Å². The highest BCUT2D eigenvalue weighted by Crippen LogP contribution is 2.49. The molecule has 31 heavy (non-hydrogen) atoms. The number of carboxylic acid groups (broad SMARTS) is 1. The van der Waals surface area contributed by atoms with E-state index in [-0.39, 0.29) is 28.7 Å². The van der Waals surface area contributed by atoms with Crippen molar-refractivity contribution < 1.29 is 23.8 Å². The standard InChI is InChI=1S/C25H28ClFO4/c1-13(2)19-11-20(17-7-6-14(3)15(4)8-17)16(5)31-24(19)21-9-18(27)10-22(26)25(21)30-12-23(28)29/h6-10,16,19-20,24H,1,11-12H2,2-5H3,(H,28,29)/t16-,19+,20-,24-/m0/s1. The molecule has 1 fully saturated rings. The molecule has 0 aliphatic carbocycles. The zero-order valence-electron chi connectivity index (χ0n) is 18.2. The fraction of sp³-hybridized carbons (Fsp3) is 0.400. The zero-order chi connectivity index (χ0) is 22.9. The summed E-state index contributed by atoms with van der Waals surface area (Å²) in [4.78, 5) is 11.0. The highest BCUT2D eigenvalue weighted by atomic mass is 35.5. The Morgan fingerprint density at radius 2 is 2.00 bits per heavy atom. The Morgan fingerprint density at radius 1 is 1.29 bits per heavy atom. The maximum absolute atomic E-state index is 14.3. The van der Waals surface area contributed by atoms with Gasteiger partial charge in [0.15, 0.2) is 6.61 Å². The van der Waals surface area contributed by atoms with E-state index in [9.17, 15) is 9.18 Å². The van der Waals surface area contributed by atoms with Crippen molar-refractivity contribution in [1.29, 1.82) is 0 Å². The van der Waals surface area contributed by atoms with Crippen LogP contribution in [0.4, 0.5) is 4.39 Å². The molecule has 0 amide bonds. The lowest BCUT2D eigenvalue weighted by Crippen LogP contribution is -2.34. The monoisotopic (exact) mass is 446 g/mol. The van der Waals surface area contributed by atoms with Crippen LogP contribution in [0.2, 0.25) is 5.02 Å². The second-order valence-corrected chi connectivity index (χ2v) is 8.80. The van der Waals surface area contributed by atoms with Crippen molar-refractivity contribution in [2.24, 2.45) is 5.92 Å². The molecule has 0 aromatic heterocycles. The fourth-order valence-electron chi connectivity index (χ4n) is 4.24. The van der Waals surface area contributed by atoms with Gasteiger partial charge in [0.25, 0.3) is 0 Å². The molecule has 166 valence electrons. The van der Waals surface area contributed by atoms with E-state index in [0.717, 1.165) is 18.1 Å². The summed E-state index contributed by atoms with van der Waals surface area (Å²) in [5, 5.41) is 9.04. The van der Waals surface area contributed by atoms with Gasteiger partial charge in [-0.15, -0.1) is 0 Å². The number of halogens is 2. The van der Waals surface area contributed by atoms with Crippen LogP contribution in [0.3, 0.4) is 0 Å². The van der Waals surface area contributed by atoms with Crippen LogP contribution in [-0.2, 0) is 9.53 Å². The Labute approximate surface area is 187 Å². The minimum Gasteiger partial charge on any atom is -0.480 e. The van der Waals surface area contributed by atoms with Crippen LogP contribution in [0.25, 0.3) is 0 Å². The van der Waals surface area contributed by atoms with Crippen LogP contribution in [0, 0.1) is 25.6 Å². The van der Waals surface area contributed by atoms with Gasteiger partial charge in [-0.2, -0.15) is 0 Å². The molecule has 1 aliphatic rings. The summed E-state index contributed by atoms with van der Waals surface area (Å²) in [6.45, 7) is 11.7. The molecule has 0 radical (unpaired) electrons. The first kappa shape index (κ1) is 23.3. The summed E-state index contributed by atoms with van der Waals surface area (Å²) in [6, 6.07) is 8.86. The minimum atomic E-state index is -1.14. The van der Waals surface area contributed by atoms with E-state index in [1.165, 1.54) is 22.8 Å². The molecule has 0 spiro atoms. The molecule has 1 aliphatic heterocycles. The maximum atomic E-state index is 14.3. The van der Waals surface area contributed by atoms with Gasteiger partial charge in [0.2, 0.25) is 0 Å². The number of hydrogen-bond donors (Lipinski definition) is 1. The Balaban J connectivity index is 2.00. The number of aliphatic carboxylic acids is 1. The van der Waals surface area contributed by atoms with E-state index in [0.29, 0.717) is 5.56 Å². The molecule has 0 bridgehead atoms. The average Bonchev–Trinajstić information content (AvgIpc) is 2.68. The normalized spacial score (nSPS) is 23.4. The predicted molar refractivity (Wildman–Crippen MR) is 119 cm³/mol. The molecular formula is C25H28ClFO4. The maximum Gasteiger partial charge on any atom is 0.341 e. The SMILES string of the molecule is C=C(C)[C@H]1C[C@H](c2ccc(C)c(C)c2)[C@H](C)O[C@@H]1c1cc(F)cc(Cl)c1OCC(=O)O. The number of hydrogen-bond acceptors (Lipinski definition) is 3. The Kier molecular flexibility index (Phi) is 7.07. The van der Waals surface area contributed by atoms with Gasteiger partial charge in [0.1, 0.15) is 11.6 Å². The number of benzene rings is 2. The first-order valence-electron chi connectivity index (χ1n) is 10.3. The van der Waals surface area contributed by atoms with E-state index in [1.54, 1.807) is 0 Å². The summed E-state index contributed by atoms with van der Waals surface area (Å²) in [5.41, 5.74) is 4.96. The van der Waals surface area contributed by atoms with Crippen LogP contribution in [-0.4, -0.2) is 23.8 Å². The average molecular weight is 447 g/mol. The Morgan fingerprint density at radius 3 is 2.61 bits per heavy atom. The van der Waals surface area contributed by atoms with Gasteiger partial charge in [-0.1, -0.05) is 42.0 Å². The van der Waals surface area contributed by atoms with Gasteiger partial charge in [0.05, 0.1) is 17.2 Å². The molecule has 2 aromatic carbocycles. The molecule has 0 saturated carbocycles. The van der Waals surface area contributed by atoms with Crippen LogP contribution in [0.5, 0.6) is 5.75 Å². The number of carbonyl (C=O) groups is 1. The largest absolute Gasteiger partial charge is 0.480 e. The lowest BCUT2D eigenvalue weighted by Gasteiger charge is -2.42. The summed E-state index contributed by atoms with van der Waals surface area (Å²) >= 11 is 6.22. The summed E-state index contributed by atoms with van der Waals surface area (Å²) in [5.74, 6) is -1.51. The van der Waals surface area contributed by atoms with Gasteiger partial charge in [-0.05, 0) is 62.9 Å². The van der Waals surface area contributed by atoms with Crippen molar-refractivity contribution in [3.8, 4) is 5.75 Å². The van der Waals surface area contributed by atoms with Crippen LogP contribution < -0.4 is 4.74 Å². The number of carboxylic acids is 1. The van der Waals surface area contributed by atoms with E-state index < -0.39 is 24.5 Å². The smallest absolute Gasteiger partial charge is 0.341 e. The zero-order valence-corrected chi connectivity index (χ0v) is 19.0. The van der Waals surface area contributed by atoms with Crippen molar-refractivity contribution in [3.63, 3.8) is 0 Å². The number of rotatable bonds is 6. The third kappa shape index (κ3) is 5.10. The second kappa shape index (κ2) is 9.41. The Bertz CT molecular complexity index is 1000. The molecule has 4 atom stereocenters. The molecule has 1 saturated heterocycles. The quantitative estimate of drug-likeness (QED) is 0.522. The van der Waals surface area contributed by atoms with Crippen molar-refractivity contribution in [3.05, 3.63) is 75.6 Å². The first-order chi connectivity index (χ1) is 14.6. The highest BCUT2D eigenvalue weighted by Gasteiger charge is 2.39.